The van der Waals surface area contributed by atoms with Crippen molar-refractivity contribution in [3.8, 4) is 0 Å². The number of ether oxygens (including phenoxy) is 3. The second-order valence-corrected chi connectivity index (χ2v) is 13.1. The second kappa shape index (κ2) is 19.9. The highest BCUT2D eigenvalue weighted by Gasteiger charge is 2.40. The zero-order valence-corrected chi connectivity index (χ0v) is 26.6. The Bertz CT molecular complexity index is 811. The van der Waals surface area contributed by atoms with Gasteiger partial charge in [-0.1, -0.05) is 71.1 Å². The molecular formula is C35H60O7. The van der Waals surface area contributed by atoms with Crippen molar-refractivity contribution in [2.75, 3.05) is 0 Å². The van der Waals surface area contributed by atoms with Gasteiger partial charge in [-0.3, -0.25) is 4.79 Å². The second-order valence-electron chi connectivity index (χ2n) is 13.1. The van der Waals surface area contributed by atoms with Crippen LogP contribution in [0.25, 0.3) is 0 Å². The van der Waals surface area contributed by atoms with E-state index in [-0.39, 0.29) is 42.6 Å². The number of aliphatic hydroxyl groups is 2. The topological polar surface area (TPSA) is 102 Å². The smallest absolute Gasteiger partial charge is 0.334 e. The number of rotatable bonds is 23. The van der Waals surface area contributed by atoms with Crippen molar-refractivity contribution >= 4 is 11.8 Å². The van der Waals surface area contributed by atoms with Gasteiger partial charge in [-0.15, -0.1) is 0 Å². The minimum Gasteiger partial charge on any atom is -0.455 e. The zero-order valence-electron chi connectivity index (χ0n) is 26.6. The van der Waals surface area contributed by atoms with E-state index in [0.717, 1.165) is 95.5 Å². The van der Waals surface area contributed by atoms with E-state index in [9.17, 15) is 19.8 Å². The molecule has 7 atom stereocenters. The quantitative estimate of drug-likeness (QED) is 0.0949. The summed E-state index contributed by atoms with van der Waals surface area (Å²) in [7, 11) is 0. The highest BCUT2D eigenvalue weighted by molar-refractivity contribution is 5.90. The molecule has 2 saturated heterocycles. The van der Waals surface area contributed by atoms with Crippen LogP contribution in [0.2, 0.25) is 0 Å². The van der Waals surface area contributed by atoms with Crippen molar-refractivity contribution in [3.05, 3.63) is 11.6 Å². The van der Waals surface area contributed by atoms with Crippen LogP contribution in [0, 0.1) is 0 Å². The lowest BCUT2D eigenvalue weighted by Crippen LogP contribution is -2.33. The Hall–Kier alpha value is -1.28. The maximum Gasteiger partial charge on any atom is 0.334 e. The van der Waals surface area contributed by atoms with E-state index < -0.39 is 6.10 Å². The third-order valence-electron chi connectivity index (χ3n) is 9.40. The number of carbonyl (C=O) groups excluding carboxylic acids is 2. The first-order valence-corrected chi connectivity index (χ1v) is 17.5. The Morgan fingerprint density at radius 1 is 0.762 bits per heavy atom. The largest absolute Gasteiger partial charge is 0.455 e. The van der Waals surface area contributed by atoms with Crippen LogP contribution in [0.15, 0.2) is 11.6 Å². The number of unbranched alkanes of at least 4 members (excludes halogenated alkanes) is 10. The van der Waals surface area contributed by atoms with Gasteiger partial charge < -0.3 is 24.4 Å². The Kier molecular flexibility index (Phi) is 16.7. The average Bonchev–Trinajstić information content (AvgIpc) is 3.72. The molecule has 3 heterocycles. The van der Waals surface area contributed by atoms with Crippen molar-refractivity contribution in [1.29, 1.82) is 0 Å². The van der Waals surface area contributed by atoms with E-state index in [1.807, 2.05) is 13.0 Å². The Morgan fingerprint density at radius 2 is 1.26 bits per heavy atom. The number of hydrogen-bond acceptors (Lipinski definition) is 7. The van der Waals surface area contributed by atoms with Gasteiger partial charge in [0.15, 0.2) is 0 Å². The van der Waals surface area contributed by atoms with E-state index in [4.69, 9.17) is 14.2 Å². The number of cyclic esters (lactones) is 1. The van der Waals surface area contributed by atoms with Crippen molar-refractivity contribution in [3.63, 3.8) is 0 Å². The average molecular weight is 593 g/mol. The van der Waals surface area contributed by atoms with Gasteiger partial charge in [-0.2, -0.15) is 0 Å². The normalized spacial score (nSPS) is 27.3. The summed E-state index contributed by atoms with van der Waals surface area (Å²) in [6, 6.07) is 0. The molecule has 0 aliphatic carbocycles. The van der Waals surface area contributed by atoms with Gasteiger partial charge >= 0.3 is 5.97 Å². The maximum absolute atomic E-state index is 12.3. The summed E-state index contributed by atoms with van der Waals surface area (Å²) < 4.78 is 17.6. The molecule has 3 rings (SSSR count). The molecule has 242 valence electrons. The van der Waals surface area contributed by atoms with E-state index in [1.165, 1.54) is 32.1 Å². The Balaban J connectivity index is 1.16. The fraction of sp³-hybridized carbons (Fsp3) is 0.886. The van der Waals surface area contributed by atoms with E-state index in [0.29, 0.717) is 25.0 Å². The first-order valence-electron chi connectivity index (χ1n) is 17.5. The highest BCUT2D eigenvalue weighted by Crippen LogP contribution is 2.34. The molecular weight excluding hydrogens is 532 g/mol. The van der Waals surface area contributed by atoms with Crippen LogP contribution in [0.5, 0.6) is 0 Å². The lowest BCUT2D eigenvalue weighted by atomic mass is 10.00. The fourth-order valence-electron chi connectivity index (χ4n) is 6.78. The molecule has 2 N–H and O–H groups in total. The van der Waals surface area contributed by atoms with Gasteiger partial charge in [0, 0.05) is 18.4 Å². The SMILES string of the molecule is CCCCCCCC[C@H](O)C1CC[C@H]([C@H]2CCC([C@H](O)CCCCC(=O)CCCCCCCC3=C[C@H](C)OC3=O)O2)O1. The Labute approximate surface area is 255 Å². The van der Waals surface area contributed by atoms with E-state index in [2.05, 4.69) is 6.92 Å². The molecule has 2 fully saturated rings. The first kappa shape index (κ1) is 35.2. The van der Waals surface area contributed by atoms with Gasteiger partial charge in [0.05, 0.1) is 36.6 Å². The highest BCUT2D eigenvalue weighted by atomic mass is 16.6. The van der Waals surface area contributed by atoms with Gasteiger partial charge in [0.25, 0.3) is 0 Å². The molecule has 0 bridgehead atoms. The summed E-state index contributed by atoms with van der Waals surface area (Å²) in [5.74, 6) is 0.157. The van der Waals surface area contributed by atoms with Crippen LogP contribution >= 0.6 is 0 Å². The molecule has 0 aromatic heterocycles. The number of hydrogen-bond donors (Lipinski definition) is 2. The van der Waals surface area contributed by atoms with Crippen molar-refractivity contribution in [1.82, 2.24) is 0 Å². The molecule has 0 amide bonds. The van der Waals surface area contributed by atoms with Crippen molar-refractivity contribution in [2.45, 2.75) is 198 Å². The molecule has 3 aliphatic heterocycles. The molecule has 42 heavy (non-hydrogen) atoms. The van der Waals surface area contributed by atoms with Crippen LogP contribution in [-0.2, 0) is 23.8 Å². The van der Waals surface area contributed by atoms with Crippen LogP contribution in [0.3, 0.4) is 0 Å². The molecule has 0 radical (unpaired) electrons. The van der Waals surface area contributed by atoms with Gasteiger partial charge in [0.2, 0.25) is 0 Å². The number of esters is 1. The van der Waals surface area contributed by atoms with Crippen LogP contribution < -0.4 is 0 Å². The summed E-state index contributed by atoms with van der Waals surface area (Å²) in [4.78, 5) is 23.9. The standard InChI is InChI=1S/C35H60O7/c1-3-4-5-6-10-13-19-29(37)31-21-23-33(41-31)34-24-22-32(42-34)30(38)20-15-14-18-28(36)17-12-9-7-8-11-16-27-25-26(2)40-35(27)39/h25-26,29-34,37-38H,3-24H2,1-2H3/t26-,29-,30+,31?,32?,33+,34+/m0/s1. The third kappa shape index (κ3) is 12.8. The first-order chi connectivity index (χ1) is 20.4. The van der Waals surface area contributed by atoms with Crippen LogP contribution in [0.4, 0.5) is 0 Å². The summed E-state index contributed by atoms with van der Waals surface area (Å²) in [5, 5.41) is 21.3. The van der Waals surface area contributed by atoms with Crippen LogP contribution in [-0.4, -0.2) is 64.7 Å². The predicted octanol–water partition coefficient (Wildman–Crippen LogP) is 7.29. The van der Waals surface area contributed by atoms with Crippen LogP contribution in [0.1, 0.15) is 155 Å². The number of Topliss-reactive ketones (excluding diaryl/α,β-unsaturated/α-hetero) is 1. The summed E-state index contributed by atoms with van der Waals surface area (Å²) in [6.45, 7) is 4.11. The zero-order chi connectivity index (χ0) is 30.2. The van der Waals surface area contributed by atoms with Crippen molar-refractivity contribution < 1.29 is 34.0 Å². The van der Waals surface area contributed by atoms with Gasteiger partial charge in [0.1, 0.15) is 11.9 Å². The molecule has 7 heteroatoms. The minimum atomic E-state index is -0.495. The van der Waals surface area contributed by atoms with E-state index >= 15 is 0 Å². The Morgan fingerprint density at radius 3 is 1.83 bits per heavy atom. The van der Waals surface area contributed by atoms with Crippen molar-refractivity contribution in [2.24, 2.45) is 0 Å². The lowest BCUT2D eigenvalue weighted by molar-refractivity contribution is -0.139. The molecule has 2 unspecified atom stereocenters. The molecule has 0 aromatic carbocycles. The lowest BCUT2D eigenvalue weighted by Gasteiger charge is -2.24. The summed E-state index contributed by atoms with van der Waals surface area (Å²) >= 11 is 0. The third-order valence-corrected chi connectivity index (χ3v) is 9.40. The predicted molar refractivity (Wildman–Crippen MR) is 165 cm³/mol. The molecule has 3 aliphatic rings. The monoisotopic (exact) mass is 592 g/mol. The molecule has 0 saturated carbocycles. The molecule has 0 spiro atoms. The fourth-order valence-corrected chi connectivity index (χ4v) is 6.78. The van der Waals surface area contributed by atoms with Gasteiger partial charge in [-0.05, 0) is 77.2 Å². The number of aliphatic hydroxyl groups excluding tert-OH is 2. The maximum atomic E-state index is 12.3. The summed E-state index contributed by atoms with van der Waals surface area (Å²) in [5.41, 5.74) is 0.813. The number of carbonyl (C=O) groups is 2. The molecule has 7 nitrogen and oxygen atoms in total. The molecule has 0 aromatic rings. The van der Waals surface area contributed by atoms with E-state index in [1.54, 1.807) is 0 Å². The van der Waals surface area contributed by atoms with Gasteiger partial charge in [-0.25, -0.2) is 4.79 Å². The summed E-state index contributed by atoms with van der Waals surface area (Å²) in [6.07, 6.45) is 22.0. The number of ketones is 1. The minimum absolute atomic E-state index is 0.0116.